The molecule has 0 unspecified atom stereocenters. The highest BCUT2D eigenvalue weighted by Crippen LogP contribution is 2.19. The highest BCUT2D eigenvalue weighted by molar-refractivity contribution is 5.75. The topological polar surface area (TPSA) is 26.3 Å². The number of carbonyl (C=O) groups is 1. The minimum absolute atomic E-state index is 0.773. The Morgan fingerprint density at radius 2 is 1.93 bits per heavy atom. The van der Waals surface area contributed by atoms with Gasteiger partial charge in [-0.3, -0.25) is 0 Å². The van der Waals surface area contributed by atoms with E-state index in [1.54, 1.807) is 0 Å². The molecule has 0 saturated carbocycles. The van der Waals surface area contributed by atoms with Gasteiger partial charge in [0.2, 0.25) is 5.82 Å². The molecular formula is C8H4F4O2. The molecule has 0 aromatic heterocycles. The quantitative estimate of drug-likeness (QED) is 0.422. The maximum atomic E-state index is 12.7. The Labute approximate surface area is 76.1 Å². The Kier molecular flexibility index (Phi) is 3.06. The Bertz CT molecular complexity index is 351. The van der Waals surface area contributed by atoms with Crippen molar-refractivity contribution in [3.8, 4) is 5.75 Å². The Morgan fingerprint density at radius 3 is 2.50 bits per heavy atom. The van der Waals surface area contributed by atoms with Crippen LogP contribution in [0.25, 0.3) is 0 Å². The molecule has 0 heterocycles. The monoisotopic (exact) mass is 208 g/mol. The van der Waals surface area contributed by atoms with Crippen molar-refractivity contribution < 1.29 is 27.1 Å². The van der Waals surface area contributed by atoms with Gasteiger partial charge in [-0.2, -0.15) is 13.2 Å². The molecule has 76 valence electrons. The largest absolute Gasteiger partial charge is 0.419 e. The number of hydrogen-bond acceptors (Lipinski definition) is 2. The molecule has 0 amide bonds. The normalized spacial score (nSPS) is 10.4. The molecule has 0 aliphatic carbocycles. The second-order valence-corrected chi connectivity index (χ2v) is 2.27. The van der Waals surface area contributed by atoms with Crippen molar-refractivity contribution in [2.75, 3.05) is 0 Å². The summed E-state index contributed by atoms with van der Waals surface area (Å²) in [5.74, 6) is -5.52. The van der Waals surface area contributed by atoms with E-state index in [1.807, 2.05) is 0 Å². The van der Waals surface area contributed by atoms with Crippen LogP contribution in [-0.2, 0) is 4.79 Å². The third kappa shape index (κ3) is 2.21. The fourth-order valence-corrected chi connectivity index (χ4v) is 0.716. The first-order valence-corrected chi connectivity index (χ1v) is 3.46. The molecule has 1 aromatic carbocycles. The van der Waals surface area contributed by atoms with Gasteiger partial charge in [-0.05, 0) is 12.1 Å². The summed E-state index contributed by atoms with van der Waals surface area (Å²) < 4.78 is 52.4. The Morgan fingerprint density at radius 1 is 1.29 bits per heavy atom. The van der Waals surface area contributed by atoms with Gasteiger partial charge in [0, 0.05) is 0 Å². The molecule has 0 atom stereocenters. The van der Waals surface area contributed by atoms with E-state index in [4.69, 9.17) is 0 Å². The van der Waals surface area contributed by atoms with Gasteiger partial charge in [-0.1, -0.05) is 6.07 Å². The number of rotatable bonds is 2. The van der Waals surface area contributed by atoms with Crippen LogP contribution < -0.4 is 4.74 Å². The standard InChI is InChI=1S/C8H4F4O2/c9-4-2-1-3-5(6(4)10)14-8(13)7(11)12/h1-3,7H. The SMILES string of the molecule is O=C(Oc1cccc(F)c1F)C(F)F. The second kappa shape index (κ2) is 4.08. The third-order valence-corrected chi connectivity index (χ3v) is 1.30. The minimum Gasteiger partial charge on any atom is -0.419 e. The van der Waals surface area contributed by atoms with Crippen molar-refractivity contribution in [1.29, 1.82) is 0 Å². The molecule has 0 fully saturated rings. The van der Waals surface area contributed by atoms with Crippen LogP contribution in [0.1, 0.15) is 0 Å². The van der Waals surface area contributed by atoms with Gasteiger partial charge in [0.25, 0.3) is 0 Å². The van der Waals surface area contributed by atoms with Gasteiger partial charge in [0.15, 0.2) is 11.6 Å². The number of hydrogen-bond donors (Lipinski definition) is 0. The highest BCUT2D eigenvalue weighted by atomic mass is 19.3. The molecule has 0 aliphatic rings. The zero-order chi connectivity index (χ0) is 10.7. The van der Waals surface area contributed by atoms with Crippen LogP contribution in [0.4, 0.5) is 17.6 Å². The third-order valence-electron chi connectivity index (χ3n) is 1.30. The van der Waals surface area contributed by atoms with E-state index in [2.05, 4.69) is 4.74 Å². The van der Waals surface area contributed by atoms with Crippen LogP contribution in [0.2, 0.25) is 0 Å². The zero-order valence-corrected chi connectivity index (χ0v) is 6.64. The predicted octanol–water partition coefficient (Wildman–Crippen LogP) is 2.14. The van der Waals surface area contributed by atoms with E-state index in [9.17, 15) is 22.4 Å². The number of esters is 1. The first kappa shape index (κ1) is 10.5. The lowest BCUT2D eigenvalue weighted by Crippen LogP contribution is -2.18. The van der Waals surface area contributed by atoms with Crippen LogP contribution in [0.3, 0.4) is 0 Å². The van der Waals surface area contributed by atoms with E-state index >= 15 is 0 Å². The van der Waals surface area contributed by atoms with Crippen molar-refractivity contribution >= 4 is 5.97 Å². The molecule has 1 aromatic rings. The summed E-state index contributed by atoms with van der Waals surface area (Å²) in [4.78, 5) is 10.3. The molecule has 0 saturated heterocycles. The average molecular weight is 208 g/mol. The van der Waals surface area contributed by atoms with E-state index < -0.39 is 29.8 Å². The van der Waals surface area contributed by atoms with Crippen LogP contribution in [0.5, 0.6) is 5.75 Å². The zero-order valence-electron chi connectivity index (χ0n) is 6.64. The molecule has 0 bridgehead atoms. The van der Waals surface area contributed by atoms with E-state index in [1.165, 1.54) is 0 Å². The van der Waals surface area contributed by atoms with E-state index in [0.717, 1.165) is 18.2 Å². The lowest BCUT2D eigenvalue weighted by atomic mass is 10.3. The van der Waals surface area contributed by atoms with Crippen molar-refractivity contribution in [3.05, 3.63) is 29.8 Å². The number of halogens is 4. The molecule has 2 nitrogen and oxygen atoms in total. The summed E-state index contributed by atoms with van der Waals surface area (Å²) in [5.41, 5.74) is 0. The maximum Gasteiger partial charge on any atom is 0.379 e. The summed E-state index contributed by atoms with van der Waals surface area (Å²) in [5, 5.41) is 0. The van der Waals surface area contributed by atoms with Crippen LogP contribution in [0.15, 0.2) is 18.2 Å². The first-order valence-electron chi connectivity index (χ1n) is 3.46. The molecule has 1 rings (SSSR count). The lowest BCUT2D eigenvalue weighted by molar-refractivity contribution is -0.146. The number of alkyl halides is 2. The first-order chi connectivity index (χ1) is 6.52. The summed E-state index contributed by atoms with van der Waals surface area (Å²) in [7, 11) is 0. The number of benzene rings is 1. The fraction of sp³-hybridized carbons (Fsp3) is 0.125. The van der Waals surface area contributed by atoms with Crippen molar-refractivity contribution in [1.82, 2.24) is 0 Å². The number of carbonyl (C=O) groups excluding carboxylic acids is 1. The molecule has 14 heavy (non-hydrogen) atoms. The van der Waals surface area contributed by atoms with Crippen molar-refractivity contribution in [3.63, 3.8) is 0 Å². The van der Waals surface area contributed by atoms with Gasteiger partial charge < -0.3 is 4.74 Å². The molecular weight excluding hydrogens is 204 g/mol. The predicted molar refractivity (Wildman–Crippen MR) is 38.0 cm³/mol. The summed E-state index contributed by atoms with van der Waals surface area (Å²) in [6.45, 7) is 0. The van der Waals surface area contributed by atoms with Gasteiger partial charge in [0.1, 0.15) is 0 Å². The number of ether oxygens (including phenoxy) is 1. The van der Waals surface area contributed by atoms with Gasteiger partial charge >= 0.3 is 12.4 Å². The van der Waals surface area contributed by atoms with Gasteiger partial charge in [-0.25, -0.2) is 9.18 Å². The Hall–Kier alpha value is -1.59. The smallest absolute Gasteiger partial charge is 0.379 e. The van der Waals surface area contributed by atoms with Crippen LogP contribution >= 0.6 is 0 Å². The van der Waals surface area contributed by atoms with Gasteiger partial charge in [-0.15, -0.1) is 0 Å². The Balaban J connectivity index is 2.87. The fourth-order valence-electron chi connectivity index (χ4n) is 0.716. The molecule has 0 N–H and O–H groups in total. The minimum atomic E-state index is -3.38. The highest BCUT2D eigenvalue weighted by Gasteiger charge is 2.20. The molecule has 0 aliphatic heterocycles. The summed E-state index contributed by atoms with van der Waals surface area (Å²) >= 11 is 0. The lowest BCUT2D eigenvalue weighted by Gasteiger charge is -2.04. The van der Waals surface area contributed by atoms with E-state index in [0.29, 0.717) is 0 Å². The molecule has 6 heteroatoms. The van der Waals surface area contributed by atoms with Gasteiger partial charge in [0.05, 0.1) is 0 Å². The van der Waals surface area contributed by atoms with Crippen molar-refractivity contribution in [2.45, 2.75) is 6.43 Å². The van der Waals surface area contributed by atoms with Crippen LogP contribution in [-0.4, -0.2) is 12.4 Å². The summed E-state index contributed by atoms with van der Waals surface area (Å²) in [6.07, 6.45) is -3.38. The summed E-state index contributed by atoms with van der Waals surface area (Å²) in [6, 6.07) is 2.68. The second-order valence-electron chi connectivity index (χ2n) is 2.27. The van der Waals surface area contributed by atoms with E-state index in [-0.39, 0.29) is 0 Å². The average Bonchev–Trinajstić information content (AvgIpc) is 2.12. The van der Waals surface area contributed by atoms with Crippen LogP contribution in [0, 0.1) is 11.6 Å². The molecule has 0 radical (unpaired) electrons. The van der Waals surface area contributed by atoms with Crippen molar-refractivity contribution in [2.24, 2.45) is 0 Å². The molecule has 0 spiro atoms. The maximum absolute atomic E-state index is 12.7.